The number of hydrogen-bond donors (Lipinski definition) is 1. The van der Waals surface area contributed by atoms with Gasteiger partial charge in [-0.05, 0) is 39.0 Å². The van der Waals surface area contributed by atoms with Crippen LogP contribution in [0.25, 0.3) is 6.08 Å². The molecule has 1 aliphatic carbocycles. The minimum absolute atomic E-state index is 0.129. The molecule has 35 heavy (non-hydrogen) atoms. The van der Waals surface area contributed by atoms with Gasteiger partial charge in [0.25, 0.3) is 0 Å². The van der Waals surface area contributed by atoms with Crippen molar-refractivity contribution in [1.29, 1.82) is 0 Å². The molecule has 0 saturated carbocycles. The van der Waals surface area contributed by atoms with Gasteiger partial charge in [0.1, 0.15) is 17.5 Å². The summed E-state index contributed by atoms with van der Waals surface area (Å²) in [4.78, 5) is 17.9. The number of halogens is 2. The molecule has 9 heteroatoms. The molecule has 0 radical (unpaired) electrons. The lowest BCUT2D eigenvalue weighted by atomic mass is 10.1. The maximum Gasteiger partial charge on any atom is 0.233 e. The zero-order valence-electron chi connectivity index (χ0n) is 20.1. The van der Waals surface area contributed by atoms with Crippen LogP contribution in [0.2, 0.25) is 0 Å². The zero-order chi connectivity index (χ0) is 24.5. The Morgan fingerprint density at radius 1 is 1.09 bits per heavy atom. The van der Waals surface area contributed by atoms with Crippen LogP contribution in [0.3, 0.4) is 0 Å². The van der Waals surface area contributed by atoms with Crippen LogP contribution < -0.4 is 15.0 Å². The number of nitrogens with zero attached hydrogens (tertiary/aromatic N) is 5. The van der Waals surface area contributed by atoms with Crippen molar-refractivity contribution < 1.29 is 13.5 Å². The third-order valence-corrected chi connectivity index (χ3v) is 6.28. The number of aliphatic imine (C=N–C) groups is 1. The molecule has 1 aromatic carbocycles. The van der Waals surface area contributed by atoms with E-state index in [-0.39, 0.29) is 23.1 Å². The standard InChI is InChI=1S/C26H28F2N6O/c1-4-5-17-12-22(29-15-17)30-26-31-23(34-8-6-33(3)7-9-34)14-24(32-26)35-21-13-20(27)18-10-16(2)11-19(18)25(21)28/h4-5,11-14H,6-10,15H2,1-3H3,(H,29,30,31,32)/b5-4+. The molecular formula is C26H28F2N6O. The van der Waals surface area contributed by atoms with E-state index in [4.69, 9.17) is 4.74 Å². The van der Waals surface area contributed by atoms with Crippen LogP contribution in [0.15, 0.2) is 46.5 Å². The number of rotatable bonds is 5. The highest BCUT2D eigenvalue weighted by Crippen LogP contribution is 2.36. The number of piperazine rings is 1. The molecule has 0 unspecified atom stereocenters. The number of anilines is 2. The van der Waals surface area contributed by atoms with E-state index in [0.29, 0.717) is 30.2 Å². The second-order valence-corrected chi connectivity index (χ2v) is 9.06. The predicted molar refractivity (Wildman–Crippen MR) is 134 cm³/mol. The lowest BCUT2D eigenvalue weighted by Gasteiger charge is -2.33. The molecule has 1 saturated heterocycles. The van der Waals surface area contributed by atoms with Crippen molar-refractivity contribution in [2.24, 2.45) is 4.99 Å². The molecule has 0 spiro atoms. The monoisotopic (exact) mass is 478 g/mol. The van der Waals surface area contributed by atoms with Gasteiger partial charge in [-0.2, -0.15) is 9.97 Å². The first kappa shape index (κ1) is 23.2. The van der Waals surface area contributed by atoms with E-state index in [1.54, 1.807) is 12.1 Å². The zero-order valence-corrected chi connectivity index (χ0v) is 20.1. The van der Waals surface area contributed by atoms with Crippen molar-refractivity contribution in [1.82, 2.24) is 14.9 Å². The molecule has 2 aliphatic heterocycles. The van der Waals surface area contributed by atoms with Gasteiger partial charge in [0, 0.05) is 49.4 Å². The quantitative estimate of drug-likeness (QED) is 0.679. The Kier molecular flexibility index (Phi) is 6.34. The molecule has 182 valence electrons. The van der Waals surface area contributed by atoms with Crippen molar-refractivity contribution in [3.63, 3.8) is 0 Å². The number of fused-ring (bicyclic) bond motifs is 1. The van der Waals surface area contributed by atoms with Crippen molar-refractivity contribution in [3.8, 4) is 11.6 Å². The molecule has 5 rings (SSSR count). The number of benzene rings is 1. The minimum atomic E-state index is -0.591. The number of allylic oxidation sites excluding steroid dienone is 2. The van der Waals surface area contributed by atoms with Gasteiger partial charge < -0.3 is 19.9 Å². The largest absolute Gasteiger partial charge is 0.436 e. The lowest BCUT2D eigenvalue weighted by molar-refractivity contribution is 0.312. The summed E-state index contributed by atoms with van der Waals surface area (Å²) in [6.45, 7) is 7.72. The second kappa shape index (κ2) is 9.58. The summed E-state index contributed by atoms with van der Waals surface area (Å²) < 4.78 is 35.7. The first-order valence-corrected chi connectivity index (χ1v) is 11.7. The van der Waals surface area contributed by atoms with Crippen LogP contribution in [-0.2, 0) is 6.42 Å². The van der Waals surface area contributed by atoms with Gasteiger partial charge in [-0.3, -0.25) is 4.99 Å². The Morgan fingerprint density at radius 2 is 1.89 bits per heavy atom. The molecule has 1 fully saturated rings. The summed E-state index contributed by atoms with van der Waals surface area (Å²) in [6.07, 6.45) is 7.95. The van der Waals surface area contributed by atoms with Gasteiger partial charge in [-0.15, -0.1) is 0 Å². The SMILES string of the molecule is C/C=C/C1=CC(Nc2nc(Oc3cc(F)c4c(c3F)C=C(C)C4)cc(N3CCN(C)CC3)n2)=NC1. The van der Waals surface area contributed by atoms with E-state index >= 15 is 4.39 Å². The number of aromatic nitrogens is 2. The summed E-state index contributed by atoms with van der Waals surface area (Å²) in [5.41, 5.74) is 2.58. The highest BCUT2D eigenvalue weighted by molar-refractivity contribution is 6.05. The summed E-state index contributed by atoms with van der Waals surface area (Å²) in [7, 11) is 2.08. The number of ether oxygens (including phenoxy) is 1. The fraction of sp³-hybridized carbons (Fsp3) is 0.346. The third-order valence-electron chi connectivity index (χ3n) is 6.28. The minimum Gasteiger partial charge on any atom is -0.436 e. The fourth-order valence-corrected chi connectivity index (χ4v) is 4.42. The molecule has 0 amide bonds. The fourth-order valence-electron chi connectivity index (χ4n) is 4.42. The normalized spacial score (nSPS) is 18.0. The Balaban J connectivity index is 1.47. The molecular weight excluding hydrogens is 450 g/mol. The highest BCUT2D eigenvalue weighted by atomic mass is 19.1. The highest BCUT2D eigenvalue weighted by Gasteiger charge is 2.24. The lowest BCUT2D eigenvalue weighted by Crippen LogP contribution is -2.44. The van der Waals surface area contributed by atoms with E-state index in [2.05, 4.69) is 37.1 Å². The number of likely N-dealkylation sites (N-methyl/N-ethyl adjacent to an activating group) is 1. The molecule has 2 aromatic rings. The van der Waals surface area contributed by atoms with Gasteiger partial charge in [0.15, 0.2) is 11.6 Å². The first-order valence-electron chi connectivity index (χ1n) is 11.7. The van der Waals surface area contributed by atoms with E-state index in [9.17, 15) is 4.39 Å². The van der Waals surface area contributed by atoms with E-state index in [0.717, 1.165) is 43.4 Å². The van der Waals surface area contributed by atoms with Gasteiger partial charge in [-0.25, -0.2) is 8.78 Å². The van der Waals surface area contributed by atoms with Crippen LogP contribution in [-0.4, -0.2) is 60.5 Å². The Bertz CT molecular complexity index is 1280. The van der Waals surface area contributed by atoms with Crippen LogP contribution in [0.1, 0.15) is 25.0 Å². The van der Waals surface area contributed by atoms with Crippen molar-refractivity contribution in [2.45, 2.75) is 20.3 Å². The molecule has 7 nitrogen and oxygen atoms in total. The molecule has 1 aromatic heterocycles. The summed E-state index contributed by atoms with van der Waals surface area (Å²) in [6, 6.07) is 2.76. The average Bonchev–Trinajstić information content (AvgIpc) is 3.44. The Morgan fingerprint density at radius 3 is 2.66 bits per heavy atom. The van der Waals surface area contributed by atoms with Crippen LogP contribution in [0.5, 0.6) is 11.6 Å². The topological polar surface area (TPSA) is 65.9 Å². The second-order valence-electron chi connectivity index (χ2n) is 9.06. The Hall–Kier alpha value is -3.59. The molecule has 0 atom stereocenters. The van der Waals surface area contributed by atoms with Crippen molar-refractivity contribution in [2.75, 3.05) is 50.0 Å². The van der Waals surface area contributed by atoms with Crippen LogP contribution in [0.4, 0.5) is 20.5 Å². The molecule has 0 bridgehead atoms. The number of nitrogens with one attached hydrogen (secondary N) is 1. The number of amidine groups is 1. The summed E-state index contributed by atoms with van der Waals surface area (Å²) in [5.74, 6) is 0.421. The Labute approximate surface area is 203 Å². The molecule has 3 aliphatic rings. The van der Waals surface area contributed by atoms with E-state index in [1.165, 1.54) is 0 Å². The maximum atomic E-state index is 15.2. The van der Waals surface area contributed by atoms with Crippen LogP contribution in [0, 0.1) is 11.6 Å². The number of hydrogen-bond acceptors (Lipinski definition) is 7. The smallest absolute Gasteiger partial charge is 0.233 e. The first-order chi connectivity index (χ1) is 16.9. The van der Waals surface area contributed by atoms with Crippen molar-refractivity contribution >= 4 is 23.7 Å². The molecule has 3 heterocycles. The van der Waals surface area contributed by atoms with E-state index in [1.807, 2.05) is 32.1 Å². The van der Waals surface area contributed by atoms with Crippen molar-refractivity contribution in [3.05, 3.63) is 64.3 Å². The average molecular weight is 479 g/mol. The molecule has 1 N–H and O–H groups in total. The third kappa shape index (κ3) is 4.95. The summed E-state index contributed by atoms with van der Waals surface area (Å²) >= 11 is 0. The van der Waals surface area contributed by atoms with Crippen LogP contribution >= 0.6 is 0 Å². The van der Waals surface area contributed by atoms with Gasteiger partial charge in [-0.1, -0.05) is 23.8 Å². The van der Waals surface area contributed by atoms with Gasteiger partial charge >= 0.3 is 0 Å². The van der Waals surface area contributed by atoms with Gasteiger partial charge in [0.2, 0.25) is 11.8 Å². The summed E-state index contributed by atoms with van der Waals surface area (Å²) in [5, 5.41) is 3.14. The maximum absolute atomic E-state index is 15.2. The van der Waals surface area contributed by atoms with E-state index < -0.39 is 11.6 Å². The van der Waals surface area contributed by atoms with Gasteiger partial charge in [0.05, 0.1) is 6.54 Å². The predicted octanol–water partition coefficient (Wildman–Crippen LogP) is 4.58.